The van der Waals surface area contributed by atoms with Crippen molar-refractivity contribution in [1.29, 1.82) is 0 Å². The van der Waals surface area contributed by atoms with E-state index in [0.717, 1.165) is 11.3 Å². The number of benzene rings is 2. The van der Waals surface area contributed by atoms with Gasteiger partial charge >= 0.3 is 0 Å². The van der Waals surface area contributed by atoms with Gasteiger partial charge in [-0.25, -0.2) is 9.97 Å². The second-order valence-corrected chi connectivity index (χ2v) is 4.93. The van der Waals surface area contributed by atoms with Crippen LogP contribution < -0.4 is 10.5 Å². The Labute approximate surface area is 123 Å². The summed E-state index contributed by atoms with van der Waals surface area (Å²) >= 11 is 0. The van der Waals surface area contributed by atoms with E-state index in [-0.39, 0.29) is 6.04 Å². The van der Waals surface area contributed by atoms with Crippen molar-refractivity contribution in [2.45, 2.75) is 12.5 Å². The molecule has 1 heterocycles. The van der Waals surface area contributed by atoms with Crippen LogP contribution in [-0.2, 0) is 6.42 Å². The Morgan fingerprint density at radius 1 is 1.10 bits per heavy atom. The molecule has 0 amide bonds. The maximum absolute atomic E-state index is 6.38. The van der Waals surface area contributed by atoms with E-state index >= 15 is 0 Å². The molecule has 0 saturated carbocycles. The molecule has 0 radical (unpaired) electrons. The molecule has 0 bridgehead atoms. The second-order valence-electron chi connectivity index (χ2n) is 4.93. The van der Waals surface area contributed by atoms with Crippen LogP contribution in [0.3, 0.4) is 0 Å². The minimum Gasteiger partial charge on any atom is -0.481 e. The van der Waals surface area contributed by atoms with Gasteiger partial charge in [0, 0.05) is 24.2 Å². The molecule has 2 N–H and O–H groups in total. The number of fused-ring (bicyclic) bond motifs is 1. The molecule has 0 saturated heterocycles. The molecule has 4 heteroatoms. The molecule has 4 nitrogen and oxygen atoms in total. The van der Waals surface area contributed by atoms with E-state index in [1.807, 2.05) is 24.3 Å². The molecular formula is C17H17N3O. The Morgan fingerprint density at radius 3 is 2.76 bits per heavy atom. The number of hydrogen-bond donors (Lipinski definition) is 1. The van der Waals surface area contributed by atoms with Gasteiger partial charge in [-0.05, 0) is 16.3 Å². The molecule has 3 rings (SSSR count). The number of nitrogens with two attached hydrogens (primary N) is 1. The lowest BCUT2D eigenvalue weighted by atomic mass is 9.96. The van der Waals surface area contributed by atoms with Crippen molar-refractivity contribution in [3.63, 3.8) is 0 Å². The fraction of sp³-hybridized carbons (Fsp3) is 0.176. The normalized spacial score (nSPS) is 12.3. The summed E-state index contributed by atoms with van der Waals surface area (Å²) in [7, 11) is 1.59. The number of nitrogens with zero attached hydrogens (tertiary/aromatic N) is 2. The van der Waals surface area contributed by atoms with Crippen LogP contribution in [0.2, 0.25) is 0 Å². The largest absolute Gasteiger partial charge is 0.481 e. The Morgan fingerprint density at radius 2 is 1.90 bits per heavy atom. The molecule has 106 valence electrons. The van der Waals surface area contributed by atoms with Crippen LogP contribution in [0.25, 0.3) is 10.8 Å². The molecule has 2 aromatic carbocycles. The van der Waals surface area contributed by atoms with Crippen LogP contribution in [0.5, 0.6) is 5.88 Å². The summed E-state index contributed by atoms with van der Waals surface area (Å²) in [6.45, 7) is 0. The lowest BCUT2D eigenvalue weighted by Gasteiger charge is -2.14. The number of ether oxygens (including phenoxy) is 1. The third-order valence-electron chi connectivity index (χ3n) is 3.56. The van der Waals surface area contributed by atoms with Crippen LogP contribution in [0, 0.1) is 0 Å². The maximum Gasteiger partial charge on any atom is 0.216 e. The van der Waals surface area contributed by atoms with Crippen molar-refractivity contribution >= 4 is 10.8 Å². The van der Waals surface area contributed by atoms with Crippen LogP contribution >= 0.6 is 0 Å². The van der Waals surface area contributed by atoms with Crippen molar-refractivity contribution in [1.82, 2.24) is 9.97 Å². The number of aromatic nitrogens is 2. The third-order valence-corrected chi connectivity index (χ3v) is 3.56. The molecule has 1 aromatic heterocycles. The van der Waals surface area contributed by atoms with E-state index < -0.39 is 0 Å². The summed E-state index contributed by atoms with van der Waals surface area (Å²) in [6, 6.07) is 16.2. The average Bonchev–Trinajstić information content (AvgIpc) is 2.54. The lowest BCUT2D eigenvalue weighted by Crippen LogP contribution is -2.14. The van der Waals surface area contributed by atoms with Gasteiger partial charge in [0.15, 0.2) is 0 Å². The molecule has 0 aliphatic rings. The summed E-state index contributed by atoms with van der Waals surface area (Å²) in [4.78, 5) is 8.28. The van der Waals surface area contributed by atoms with Gasteiger partial charge in [0.2, 0.25) is 5.88 Å². The topological polar surface area (TPSA) is 61.0 Å². The molecule has 3 aromatic rings. The molecule has 0 aliphatic heterocycles. The maximum atomic E-state index is 6.38. The molecule has 1 unspecified atom stereocenters. The van der Waals surface area contributed by atoms with Crippen molar-refractivity contribution in [3.8, 4) is 5.88 Å². The highest BCUT2D eigenvalue weighted by Crippen LogP contribution is 2.25. The molecule has 0 spiro atoms. The smallest absolute Gasteiger partial charge is 0.216 e. The summed E-state index contributed by atoms with van der Waals surface area (Å²) in [5.74, 6) is 0.560. The fourth-order valence-electron chi connectivity index (χ4n) is 2.51. The van der Waals surface area contributed by atoms with Gasteiger partial charge in [0.05, 0.1) is 7.11 Å². The predicted octanol–water partition coefficient (Wildman–Crippen LogP) is 2.88. The first-order chi connectivity index (χ1) is 10.3. The summed E-state index contributed by atoms with van der Waals surface area (Å²) in [6.07, 6.45) is 2.15. The first-order valence-electron chi connectivity index (χ1n) is 6.86. The minimum absolute atomic E-state index is 0.115. The van der Waals surface area contributed by atoms with Crippen molar-refractivity contribution < 1.29 is 4.74 Å². The van der Waals surface area contributed by atoms with Crippen molar-refractivity contribution in [2.75, 3.05) is 7.11 Å². The van der Waals surface area contributed by atoms with E-state index in [2.05, 4.69) is 34.2 Å². The lowest BCUT2D eigenvalue weighted by molar-refractivity contribution is 0.395. The summed E-state index contributed by atoms with van der Waals surface area (Å²) < 4.78 is 5.12. The molecule has 1 atom stereocenters. The zero-order valence-corrected chi connectivity index (χ0v) is 11.9. The van der Waals surface area contributed by atoms with Crippen LogP contribution in [0.15, 0.2) is 54.9 Å². The van der Waals surface area contributed by atoms with Gasteiger partial charge < -0.3 is 10.5 Å². The van der Waals surface area contributed by atoms with E-state index in [9.17, 15) is 0 Å². The Kier molecular flexibility index (Phi) is 3.79. The van der Waals surface area contributed by atoms with Crippen molar-refractivity contribution in [3.05, 3.63) is 66.1 Å². The monoisotopic (exact) mass is 279 g/mol. The quantitative estimate of drug-likeness (QED) is 0.797. The van der Waals surface area contributed by atoms with Gasteiger partial charge in [-0.1, -0.05) is 42.5 Å². The molecule has 0 fully saturated rings. The zero-order chi connectivity index (χ0) is 14.7. The van der Waals surface area contributed by atoms with E-state index in [1.165, 1.54) is 17.1 Å². The first kappa shape index (κ1) is 13.5. The van der Waals surface area contributed by atoms with Gasteiger partial charge in [-0.3, -0.25) is 0 Å². The van der Waals surface area contributed by atoms with E-state index in [0.29, 0.717) is 12.3 Å². The van der Waals surface area contributed by atoms with Gasteiger partial charge in [0.1, 0.15) is 6.33 Å². The Balaban J connectivity index is 1.91. The SMILES string of the molecule is COc1cc(CC(N)c2cccc3ccccc23)ncn1. The first-order valence-corrected chi connectivity index (χ1v) is 6.86. The standard InChI is InChI=1S/C17H17N3O/c1-21-17-10-13(19-11-20-17)9-16(18)15-8-4-6-12-5-2-3-7-14(12)15/h2-8,10-11,16H,9,18H2,1H3. The highest BCUT2D eigenvalue weighted by atomic mass is 16.5. The van der Waals surface area contributed by atoms with Crippen LogP contribution in [0.4, 0.5) is 0 Å². The Bertz CT molecular complexity index is 752. The van der Waals surface area contributed by atoms with Gasteiger partial charge in [-0.2, -0.15) is 0 Å². The molecule has 21 heavy (non-hydrogen) atoms. The Hall–Kier alpha value is -2.46. The fourth-order valence-corrected chi connectivity index (χ4v) is 2.51. The van der Waals surface area contributed by atoms with E-state index in [4.69, 9.17) is 10.5 Å². The van der Waals surface area contributed by atoms with Crippen LogP contribution in [0.1, 0.15) is 17.3 Å². The average molecular weight is 279 g/mol. The highest BCUT2D eigenvalue weighted by molar-refractivity contribution is 5.86. The summed E-state index contributed by atoms with van der Waals surface area (Å²) in [5.41, 5.74) is 8.39. The third kappa shape index (κ3) is 2.85. The minimum atomic E-state index is -0.115. The summed E-state index contributed by atoms with van der Waals surface area (Å²) in [5, 5.41) is 2.39. The highest BCUT2D eigenvalue weighted by Gasteiger charge is 2.12. The van der Waals surface area contributed by atoms with Crippen molar-refractivity contribution in [2.24, 2.45) is 5.73 Å². The number of hydrogen-bond acceptors (Lipinski definition) is 4. The van der Waals surface area contributed by atoms with E-state index in [1.54, 1.807) is 7.11 Å². The molecular weight excluding hydrogens is 262 g/mol. The predicted molar refractivity (Wildman–Crippen MR) is 83.2 cm³/mol. The second kappa shape index (κ2) is 5.89. The number of methoxy groups -OCH3 is 1. The van der Waals surface area contributed by atoms with Gasteiger partial charge in [-0.15, -0.1) is 0 Å². The molecule has 0 aliphatic carbocycles. The van der Waals surface area contributed by atoms with Gasteiger partial charge in [0.25, 0.3) is 0 Å². The van der Waals surface area contributed by atoms with Crippen LogP contribution in [-0.4, -0.2) is 17.1 Å². The number of rotatable bonds is 4. The zero-order valence-electron chi connectivity index (χ0n) is 11.9.